The van der Waals surface area contributed by atoms with Gasteiger partial charge in [-0.25, -0.2) is 13.4 Å². The van der Waals surface area contributed by atoms with Crippen LogP contribution in [0.25, 0.3) is 0 Å². The zero-order chi connectivity index (χ0) is 15.9. The number of imidazole rings is 1. The van der Waals surface area contributed by atoms with E-state index in [1.165, 1.54) is 23.5 Å². The molecule has 1 unspecified atom stereocenters. The molecule has 2 saturated heterocycles. The van der Waals surface area contributed by atoms with Crippen molar-refractivity contribution >= 4 is 10.0 Å². The lowest BCUT2D eigenvalue weighted by Crippen LogP contribution is -2.47. The fraction of sp³-hybridized carbons (Fsp3) is 0.786. The highest BCUT2D eigenvalue weighted by atomic mass is 32.2. The molecular weight excluding hydrogens is 302 g/mol. The van der Waals surface area contributed by atoms with Crippen molar-refractivity contribution in [2.45, 2.75) is 36.4 Å². The van der Waals surface area contributed by atoms with E-state index in [9.17, 15) is 8.42 Å². The maximum Gasteiger partial charge on any atom is 0.262 e. The second-order valence-corrected chi connectivity index (χ2v) is 8.46. The lowest BCUT2D eigenvalue weighted by atomic mass is 9.88. The van der Waals surface area contributed by atoms with Gasteiger partial charge in [-0.05, 0) is 26.4 Å². The van der Waals surface area contributed by atoms with E-state index in [1.807, 2.05) is 0 Å². The monoisotopic (exact) mass is 327 g/mol. The highest BCUT2D eigenvalue weighted by Crippen LogP contribution is 2.31. The molecule has 0 spiro atoms. The largest absolute Gasteiger partial charge is 0.339 e. The molecule has 22 heavy (non-hydrogen) atoms. The van der Waals surface area contributed by atoms with Gasteiger partial charge in [-0.2, -0.15) is 4.31 Å². The Morgan fingerprint density at radius 3 is 2.68 bits per heavy atom. The van der Waals surface area contributed by atoms with Crippen LogP contribution in [0.3, 0.4) is 0 Å². The number of hydrogen-bond donors (Lipinski definition) is 1. The van der Waals surface area contributed by atoms with Gasteiger partial charge in [0.1, 0.15) is 0 Å². The van der Waals surface area contributed by atoms with Gasteiger partial charge in [0.25, 0.3) is 10.0 Å². The van der Waals surface area contributed by atoms with Crippen LogP contribution in [0.4, 0.5) is 0 Å². The molecule has 3 heterocycles. The Balaban J connectivity index is 1.78. The summed E-state index contributed by atoms with van der Waals surface area (Å²) in [6.45, 7) is 1.95. The summed E-state index contributed by atoms with van der Waals surface area (Å²) in [6, 6.07) is 0.275. The number of nitrogens with zero attached hydrogens (tertiary/aromatic N) is 4. The molecule has 8 heteroatoms. The number of piperidine rings is 1. The summed E-state index contributed by atoms with van der Waals surface area (Å²) >= 11 is 0. The van der Waals surface area contributed by atoms with Gasteiger partial charge >= 0.3 is 0 Å². The van der Waals surface area contributed by atoms with Gasteiger partial charge in [0.2, 0.25) is 0 Å². The first-order valence-electron chi connectivity index (χ1n) is 7.83. The Morgan fingerprint density at radius 1 is 1.27 bits per heavy atom. The van der Waals surface area contributed by atoms with Crippen LogP contribution < -0.4 is 5.73 Å². The summed E-state index contributed by atoms with van der Waals surface area (Å²) in [6.07, 6.45) is 6.57. The van der Waals surface area contributed by atoms with Crippen molar-refractivity contribution in [1.29, 1.82) is 0 Å². The van der Waals surface area contributed by atoms with E-state index in [0.717, 1.165) is 13.0 Å². The molecule has 0 aromatic carbocycles. The zero-order valence-corrected chi connectivity index (χ0v) is 14.0. The van der Waals surface area contributed by atoms with E-state index in [4.69, 9.17) is 5.73 Å². The third-order valence-electron chi connectivity index (χ3n) is 4.99. The van der Waals surface area contributed by atoms with Crippen LogP contribution in [0.1, 0.15) is 19.3 Å². The normalized spacial score (nSPS) is 31.7. The molecule has 0 bridgehead atoms. The molecule has 3 atom stereocenters. The summed E-state index contributed by atoms with van der Waals surface area (Å²) in [4.78, 5) is 6.33. The van der Waals surface area contributed by atoms with Crippen molar-refractivity contribution in [2.75, 3.05) is 26.7 Å². The van der Waals surface area contributed by atoms with Gasteiger partial charge in [0.05, 0.1) is 6.33 Å². The molecule has 2 N–H and O–H groups in total. The molecule has 124 valence electrons. The van der Waals surface area contributed by atoms with Gasteiger partial charge in [-0.1, -0.05) is 6.42 Å². The number of aryl methyl sites for hydroxylation is 1. The first-order chi connectivity index (χ1) is 10.4. The van der Waals surface area contributed by atoms with Crippen LogP contribution >= 0.6 is 0 Å². The number of aromatic nitrogens is 2. The quantitative estimate of drug-likeness (QED) is 0.835. The third kappa shape index (κ3) is 2.80. The SMILES string of the molecule is CN1CCCCC1[C@H]1CN(S(=O)(=O)c2cn(C)cn2)C[C@@H]1N. The van der Waals surface area contributed by atoms with Crippen LogP contribution in [0, 0.1) is 5.92 Å². The summed E-state index contributed by atoms with van der Waals surface area (Å²) in [5.41, 5.74) is 6.28. The van der Waals surface area contributed by atoms with E-state index < -0.39 is 10.0 Å². The van der Waals surface area contributed by atoms with Crippen LogP contribution in [-0.2, 0) is 17.1 Å². The second kappa shape index (κ2) is 5.92. The Bertz CT molecular complexity index is 629. The average Bonchev–Trinajstić information content (AvgIpc) is 3.06. The third-order valence-corrected chi connectivity index (χ3v) is 6.70. The predicted octanol–water partition coefficient (Wildman–Crippen LogP) is -0.148. The van der Waals surface area contributed by atoms with Crippen molar-refractivity contribution in [3.05, 3.63) is 12.5 Å². The predicted molar refractivity (Wildman–Crippen MR) is 83.7 cm³/mol. The summed E-state index contributed by atoms with van der Waals surface area (Å²) in [5, 5.41) is 0.111. The van der Waals surface area contributed by atoms with Crippen LogP contribution in [0.2, 0.25) is 0 Å². The van der Waals surface area contributed by atoms with Crippen molar-refractivity contribution in [3.63, 3.8) is 0 Å². The molecule has 0 radical (unpaired) electrons. The highest BCUT2D eigenvalue weighted by molar-refractivity contribution is 7.89. The minimum atomic E-state index is -3.54. The lowest BCUT2D eigenvalue weighted by Gasteiger charge is -2.37. The smallest absolute Gasteiger partial charge is 0.262 e. The molecular formula is C14H25N5O2S. The number of likely N-dealkylation sites (tertiary alicyclic amines) is 1. The van der Waals surface area contributed by atoms with E-state index in [-0.39, 0.29) is 17.0 Å². The summed E-state index contributed by atoms with van der Waals surface area (Å²) in [5.74, 6) is 0.198. The second-order valence-electron chi connectivity index (χ2n) is 6.57. The first-order valence-corrected chi connectivity index (χ1v) is 9.27. The molecule has 2 aliphatic heterocycles. The highest BCUT2D eigenvalue weighted by Gasteiger charge is 2.43. The number of nitrogens with two attached hydrogens (primary N) is 1. The molecule has 2 fully saturated rings. The van der Waals surface area contributed by atoms with Gasteiger partial charge in [0, 0.05) is 44.3 Å². The standard InChI is InChI=1S/C14H25N5O2S/c1-17-9-14(16-10-17)22(20,21)19-7-11(12(15)8-19)13-5-3-4-6-18(13)2/h9-13H,3-8,15H2,1-2H3/t11-,12-,13?/m0/s1. The molecule has 7 nitrogen and oxygen atoms in total. The topological polar surface area (TPSA) is 84.5 Å². The molecule has 0 aliphatic carbocycles. The first kappa shape index (κ1) is 15.9. The molecule has 1 aromatic rings. The van der Waals surface area contributed by atoms with Crippen LogP contribution in [0.5, 0.6) is 0 Å². The Hall–Kier alpha value is -0.960. The number of sulfonamides is 1. The zero-order valence-electron chi connectivity index (χ0n) is 13.2. The maximum absolute atomic E-state index is 12.7. The van der Waals surface area contributed by atoms with Gasteiger partial charge in [0.15, 0.2) is 5.03 Å². The van der Waals surface area contributed by atoms with E-state index >= 15 is 0 Å². The van der Waals surface area contributed by atoms with Crippen molar-refractivity contribution in [3.8, 4) is 0 Å². The van der Waals surface area contributed by atoms with Gasteiger partial charge in [-0.3, -0.25) is 0 Å². The minimum Gasteiger partial charge on any atom is -0.339 e. The van der Waals surface area contributed by atoms with Gasteiger partial charge in [-0.15, -0.1) is 0 Å². The fourth-order valence-corrected chi connectivity index (χ4v) is 5.20. The van der Waals surface area contributed by atoms with E-state index in [2.05, 4.69) is 16.9 Å². The Labute approximate surface area is 132 Å². The fourth-order valence-electron chi connectivity index (χ4n) is 3.72. The Kier molecular flexibility index (Phi) is 4.28. The molecule has 3 rings (SSSR count). The van der Waals surface area contributed by atoms with Crippen molar-refractivity contribution in [1.82, 2.24) is 18.8 Å². The van der Waals surface area contributed by atoms with Crippen LogP contribution in [-0.4, -0.2) is 65.9 Å². The Morgan fingerprint density at radius 2 is 2.05 bits per heavy atom. The van der Waals surface area contributed by atoms with Gasteiger partial charge < -0.3 is 15.2 Å². The molecule has 0 saturated carbocycles. The summed E-state index contributed by atoms with van der Waals surface area (Å²) < 4.78 is 28.5. The average molecular weight is 327 g/mol. The van der Waals surface area contributed by atoms with Crippen molar-refractivity contribution < 1.29 is 8.42 Å². The maximum atomic E-state index is 12.7. The molecule has 2 aliphatic rings. The van der Waals surface area contributed by atoms with Crippen molar-refractivity contribution in [2.24, 2.45) is 18.7 Å². The van der Waals surface area contributed by atoms with E-state index in [0.29, 0.717) is 19.1 Å². The number of hydrogen-bond acceptors (Lipinski definition) is 5. The minimum absolute atomic E-state index is 0.107. The molecule has 1 aromatic heterocycles. The van der Waals surface area contributed by atoms with E-state index in [1.54, 1.807) is 17.8 Å². The molecule has 0 amide bonds. The number of rotatable bonds is 3. The lowest BCUT2D eigenvalue weighted by molar-refractivity contribution is 0.127. The van der Waals surface area contributed by atoms with Crippen LogP contribution in [0.15, 0.2) is 17.6 Å². The summed E-state index contributed by atoms with van der Waals surface area (Å²) in [7, 11) is 0.346.